The normalized spacial score (nSPS) is 12.5. The Morgan fingerprint density at radius 2 is 1.69 bits per heavy atom. The highest BCUT2D eigenvalue weighted by Crippen LogP contribution is 2.28. The van der Waals surface area contributed by atoms with Crippen molar-refractivity contribution in [1.29, 1.82) is 0 Å². The zero-order chi connectivity index (χ0) is 20.5. The van der Waals surface area contributed by atoms with Crippen LogP contribution in [0.25, 0.3) is 0 Å². The predicted molar refractivity (Wildman–Crippen MR) is 109 cm³/mol. The van der Waals surface area contributed by atoms with Crippen molar-refractivity contribution in [3.63, 3.8) is 0 Å². The SMILES string of the molecule is CC(Cc1ccc(OCC(=O)O)cc1)NCC(O)COc1ccc(O)c(O)c1.Cl. The maximum absolute atomic E-state index is 10.5. The number of halogens is 1. The summed E-state index contributed by atoms with van der Waals surface area (Å²) in [5.41, 5.74) is 1.05. The van der Waals surface area contributed by atoms with Crippen molar-refractivity contribution < 1.29 is 34.7 Å². The van der Waals surface area contributed by atoms with Crippen LogP contribution in [0, 0.1) is 0 Å². The van der Waals surface area contributed by atoms with E-state index in [4.69, 9.17) is 14.6 Å². The average molecular weight is 428 g/mol. The van der Waals surface area contributed by atoms with Crippen LogP contribution in [0.5, 0.6) is 23.0 Å². The minimum Gasteiger partial charge on any atom is -0.504 e. The van der Waals surface area contributed by atoms with Crippen molar-refractivity contribution in [2.45, 2.75) is 25.5 Å². The van der Waals surface area contributed by atoms with Crippen molar-refractivity contribution in [3.05, 3.63) is 48.0 Å². The van der Waals surface area contributed by atoms with Crippen molar-refractivity contribution >= 4 is 18.4 Å². The number of phenolic OH excluding ortho intramolecular Hbond substituents is 2. The second kappa shape index (κ2) is 12.0. The van der Waals surface area contributed by atoms with E-state index in [1.165, 1.54) is 18.2 Å². The van der Waals surface area contributed by atoms with Crippen LogP contribution in [-0.2, 0) is 11.2 Å². The molecular formula is C20H26ClNO7. The van der Waals surface area contributed by atoms with E-state index in [1.807, 2.05) is 19.1 Å². The molecule has 0 saturated carbocycles. The summed E-state index contributed by atoms with van der Waals surface area (Å²) in [4.78, 5) is 10.5. The average Bonchev–Trinajstić information content (AvgIpc) is 2.66. The summed E-state index contributed by atoms with van der Waals surface area (Å²) < 4.78 is 10.5. The number of phenols is 2. The van der Waals surface area contributed by atoms with E-state index >= 15 is 0 Å². The van der Waals surface area contributed by atoms with Crippen LogP contribution >= 0.6 is 12.4 Å². The Kier molecular flexibility index (Phi) is 10.1. The van der Waals surface area contributed by atoms with Gasteiger partial charge in [0.05, 0.1) is 0 Å². The molecule has 0 bridgehead atoms. The molecule has 2 aromatic carbocycles. The summed E-state index contributed by atoms with van der Waals surface area (Å²) in [6, 6.07) is 11.4. The molecule has 0 spiro atoms. The van der Waals surface area contributed by atoms with Gasteiger partial charge < -0.3 is 35.2 Å². The number of aliphatic carboxylic acids is 1. The van der Waals surface area contributed by atoms with Crippen molar-refractivity contribution in [2.24, 2.45) is 0 Å². The number of nitrogens with one attached hydrogen (secondary N) is 1. The van der Waals surface area contributed by atoms with Crippen LogP contribution in [0.3, 0.4) is 0 Å². The third-order valence-electron chi connectivity index (χ3n) is 3.92. The van der Waals surface area contributed by atoms with E-state index in [1.54, 1.807) is 12.1 Å². The van der Waals surface area contributed by atoms with Crippen LogP contribution < -0.4 is 14.8 Å². The molecule has 0 heterocycles. The molecule has 0 aromatic heterocycles. The number of ether oxygens (including phenoxy) is 2. The molecule has 2 rings (SSSR count). The number of carboxylic acids is 1. The highest BCUT2D eigenvalue weighted by molar-refractivity contribution is 5.85. The van der Waals surface area contributed by atoms with Crippen LogP contribution in [0.4, 0.5) is 0 Å². The van der Waals surface area contributed by atoms with E-state index in [9.17, 15) is 20.1 Å². The fourth-order valence-electron chi connectivity index (χ4n) is 2.47. The number of carbonyl (C=O) groups is 1. The molecule has 160 valence electrons. The highest BCUT2D eigenvalue weighted by atomic mass is 35.5. The maximum atomic E-state index is 10.5. The monoisotopic (exact) mass is 427 g/mol. The van der Waals surface area contributed by atoms with E-state index < -0.39 is 12.1 Å². The first-order valence-electron chi connectivity index (χ1n) is 8.83. The van der Waals surface area contributed by atoms with E-state index in [-0.39, 0.29) is 43.2 Å². The first kappa shape index (κ1) is 24.4. The van der Waals surface area contributed by atoms with E-state index in [0.29, 0.717) is 18.0 Å². The van der Waals surface area contributed by atoms with Crippen molar-refractivity contribution in [3.8, 4) is 23.0 Å². The summed E-state index contributed by atoms with van der Waals surface area (Å²) in [5, 5.41) is 40.5. The van der Waals surface area contributed by atoms with Gasteiger partial charge in [-0.05, 0) is 43.2 Å². The molecule has 2 unspecified atom stereocenters. The summed E-state index contributed by atoms with van der Waals surface area (Å²) in [6.07, 6.45) is -0.0243. The van der Waals surface area contributed by atoms with E-state index in [0.717, 1.165) is 12.0 Å². The molecule has 2 aromatic rings. The zero-order valence-electron chi connectivity index (χ0n) is 15.9. The number of hydrogen-bond acceptors (Lipinski definition) is 7. The van der Waals surface area contributed by atoms with Gasteiger partial charge in [-0.25, -0.2) is 4.79 Å². The Morgan fingerprint density at radius 1 is 1.03 bits per heavy atom. The molecule has 0 radical (unpaired) electrons. The number of aliphatic hydroxyl groups is 1. The Morgan fingerprint density at radius 3 is 2.31 bits per heavy atom. The highest BCUT2D eigenvalue weighted by Gasteiger charge is 2.10. The third-order valence-corrected chi connectivity index (χ3v) is 3.92. The molecule has 0 aliphatic heterocycles. The molecule has 0 saturated heterocycles. The van der Waals surface area contributed by atoms with Crippen LogP contribution in [-0.4, -0.2) is 58.3 Å². The van der Waals surface area contributed by atoms with Crippen molar-refractivity contribution in [2.75, 3.05) is 19.8 Å². The standard InChI is InChI=1S/C20H25NO7.ClH/c1-13(8-14-2-4-16(5-3-14)28-12-20(25)26)21-10-15(22)11-27-17-6-7-18(23)19(24)9-17;/h2-7,9,13,15,21-24H,8,10-12H2,1H3,(H,25,26);1H. The van der Waals surface area contributed by atoms with Gasteiger partial charge in [-0.3, -0.25) is 0 Å². The topological polar surface area (TPSA) is 128 Å². The number of aliphatic hydroxyl groups excluding tert-OH is 1. The lowest BCUT2D eigenvalue weighted by Gasteiger charge is -2.18. The van der Waals surface area contributed by atoms with Gasteiger partial charge in [-0.2, -0.15) is 0 Å². The van der Waals surface area contributed by atoms with Crippen LogP contribution in [0.15, 0.2) is 42.5 Å². The smallest absolute Gasteiger partial charge is 0.341 e. The minimum absolute atomic E-state index is 0. The van der Waals surface area contributed by atoms with Gasteiger partial charge in [0.2, 0.25) is 0 Å². The van der Waals surface area contributed by atoms with Gasteiger partial charge in [0, 0.05) is 18.7 Å². The van der Waals surface area contributed by atoms with Gasteiger partial charge >= 0.3 is 5.97 Å². The molecule has 9 heteroatoms. The molecule has 5 N–H and O–H groups in total. The lowest BCUT2D eigenvalue weighted by molar-refractivity contribution is -0.139. The van der Waals surface area contributed by atoms with Gasteiger partial charge in [0.25, 0.3) is 0 Å². The number of benzene rings is 2. The summed E-state index contributed by atoms with van der Waals surface area (Å²) in [5.74, 6) is -0.679. The van der Waals surface area contributed by atoms with E-state index in [2.05, 4.69) is 5.32 Å². The molecule has 0 aliphatic carbocycles. The molecule has 0 aliphatic rings. The molecular weight excluding hydrogens is 402 g/mol. The molecule has 2 atom stereocenters. The molecule has 0 amide bonds. The Hall–Kier alpha value is -2.68. The van der Waals surface area contributed by atoms with Gasteiger partial charge in [0.15, 0.2) is 18.1 Å². The molecule has 0 fully saturated rings. The minimum atomic E-state index is -1.02. The summed E-state index contributed by atoms with van der Waals surface area (Å²) in [7, 11) is 0. The largest absolute Gasteiger partial charge is 0.504 e. The third kappa shape index (κ3) is 8.91. The van der Waals surface area contributed by atoms with Gasteiger partial charge in [-0.15, -0.1) is 12.4 Å². The lowest BCUT2D eigenvalue weighted by atomic mass is 10.1. The first-order valence-corrected chi connectivity index (χ1v) is 8.83. The predicted octanol–water partition coefficient (Wildman–Crippen LogP) is 1.94. The quantitative estimate of drug-likeness (QED) is 0.344. The number of aromatic hydroxyl groups is 2. The number of rotatable bonds is 11. The Labute approximate surface area is 175 Å². The fraction of sp³-hybridized carbons (Fsp3) is 0.350. The molecule has 29 heavy (non-hydrogen) atoms. The fourth-order valence-corrected chi connectivity index (χ4v) is 2.47. The Bertz CT molecular complexity index is 770. The Balaban J connectivity index is 0.00000420. The molecule has 8 nitrogen and oxygen atoms in total. The summed E-state index contributed by atoms with van der Waals surface area (Å²) >= 11 is 0. The van der Waals surface area contributed by atoms with Gasteiger partial charge in [-0.1, -0.05) is 12.1 Å². The zero-order valence-corrected chi connectivity index (χ0v) is 16.8. The second-order valence-electron chi connectivity index (χ2n) is 6.46. The van der Waals surface area contributed by atoms with Gasteiger partial charge in [0.1, 0.15) is 24.2 Å². The number of hydrogen-bond donors (Lipinski definition) is 5. The van der Waals surface area contributed by atoms with Crippen LogP contribution in [0.1, 0.15) is 12.5 Å². The van der Waals surface area contributed by atoms with Crippen molar-refractivity contribution in [1.82, 2.24) is 5.32 Å². The summed E-state index contributed by atoms with van der Waals surface area (Å²) in [6.45, 7) is 1.98. The maximum Gasteiger partial charge on any atom is 0.341 e. The lowest BCUT2D eigenvalue weighted by Crippen LogP contribution is -2.37. The number of carboxylic acid groups (broad SMARTS) is 1. The van der Waals surface area contributed by atoms with Crippen LogP contribution in [0.2, 0.25) is 0 Å². The first-order chi connectivity index (χ1) is 13.3. The second-order valence-corrected chi connectivity index (χ2v) is 6.46.